The lowest BCUT2D eigenvalue weighted by atomic mass is 9.92. The number of rotatable bonds is 1. The number of aromatic nitrogens is 2. The van der Waals surface area contributed by atoms with E-state index in [9.17, 15) is 0 Å². The predicted octanol–water partition coefficient (Wildman–Crippen LogP) is 3.76. The van der Waals surface area contributed by atoms with E-state index in [4.69, 9.17) is 21.3 Å². The highest BCUT2D eigenvalue weighted by Gasteiger charge is 2.22. The number of methoxy groups -OCH3 is 1. The van der Waals surface area contributed by atoms with Crippen molar-refractivity contribution in [2.24, 2.45) is 0 Å². The molecule has 0 amide bonds. The minimum Gasteiger partial charge on any atom is -0.497 e. The summed E-state index contributed by atoms with van der Waals surface area (Å²) in [6.45, 7) is 0. The number of benzene rings is 1. The Bertz CT molecular complexity index is 823. The SMILES string of the molecule is COc1ccc2c(c1)-c1nc3ccc(Cl)cn3c1CC2. The second-order valence-corrected chi connectivity index (χ2v) is 5.44. The molecule has 4 heteroatoms. The molecule has 20 heavy (non-hydrogen) atoms. The summed E-state index contributed by atoms with van der Waals surface area (Å²) in [7, 11) is 1.69. The Labute approximate surface area is 121 Å². The summed E-state index contributed by atoms with van der Waals surface area (Å²) in [5.74, 6) is 0.867. The Hall–Kier alpha value is -2.00. The average Bonchev–Trinajstić information content (AvgIpc) is 2.85. The van der Waals surface area contributed by atoms with Crippen molar-refractivity contribution in [1.29, 1.82) is 0 Å². The van der Waals surface area contributed by atoms with Crippen LogP contribution in [0.1, 0.15) is 11.3 Å². The quantitative estimate of drug-likeness (QED) is 0.680. The van der Waals surface area contributed by atoms with E-state index in [1.807, 2.05) is 24.4 Å². The molecule has 0 saturated heterocycles. The van der Waals surface area contributed by atoms with Gasteiger partial charge in [-0.3, -0.25) is 0 Å². The van der Waals surface area contributed by atoms with Crippen LogP contribution in [0.2, 0.25) is 5.02 Å². The van der Waals surface area contributed by atoms with Crippen LogP contribution in [0.4, 0.5) is 0 Å². The molecule has 1 aliphatic rings. The molecule has 1 aliphatic carbocycles. The van der Waals surface area contributed by atoms with E-state index in [1.165, 1.54) is 16.8 Å². The summed E-state index contributed by atoms with van der Waals surface area (Å²) in [5.41, 5.74) is 5.71. The molecule has 2 aromatic heterocycles. The summed E-state index contributed by atoms with van der Waals surface area (Å²) in [5, 5.41) is 0.731. The molecule has 0 bridgehead atoms. The van der Waals surface area contributed by atoms with E-state index >= 15 is 0 Å². The molecule has 0 N–H and O–H groups in total. The van der Waals surface area contributed by atoms with E-state index in [1.54, 1.807) is 7.11 Å². The zero-order valence-electron chi connectivity index (χ0n) is 11.1. The van der Waals surface area contributed by atoms with Gasteiger partial charge >= 0.3 is 0 Å². The number of pyridine rings is 1. The maximum absolute atomic E-state index is 6.10. The van der Waals surface area contributed by atoms with Gasteiger partial charge in [0, 0.05) is 11.8 Å². The first kappa shape index (κ1) is 11.8. The standard InChI is InChI=1S/C16H13ClN2O/c1-20-12-5-2-10-3-6-14-16(13(10)8-12)18-15-7-4-11(17)9-19(14)15/h2,4-5,7-9H,3,6H2,1H3. The van der Waals surface area contributed by atoms with Gasteiger partial charge in [0.05, 0.1) is 23.5 Å². The molecule has 3 nitrogen and oxygen atoms in total. The van der Waals surface area contributed by atoms with E-state index in [0.29, 0.717) is 0 Å². The zero-order valence-corrected chi connectivity index (χ0v) is 11.8. The third-order valence-corrected chi connectivity index (χ3v) is 4.11. The van der Waals surface area contributed by atoms with Crippen LogP contribution in [0.5, 0.6) is 5.75 Å². The third-order valence-electron chi connectivity index (χ3n) is 3.88. The van der Waals surface area contributed by atoms with Gasteiger partial charge in [0.1, 0.15) is 11.4 Å². The summed E-state index contributed by atoms with van der Waals surface area (Å²) < 4.78 is 7.43. The second kappa shape index (κ2) is 4.25. The number of aryl methyl sites for hydroxylation is 2. The number of halogens is 1. The van der Waals surface area contributed by atoms with Crippen LogP contribution in [0.3, 0.4) is 0 Å². The number of nitrogens with zero attached hydrogens (tertiary/aromatic N) is 2. The highest BCUT2D eigenvalue weighted by Crippen LogP contribution is 2.36. The van der Waals surface area contributed by atoms with Gasteiger partial charge in [0.2, 0.25) is 0 Å². The lowest BCUT2D eigenvalue weighted by Gasteiger charge is -2.16. The predicted molar refractivity (Wildman–Crippen MR) is 79.6 cm³/mol. The lowest BCUT2D eigenvalue weighted by molar-refractivity contribution is 0.415. The first-order valence-electron chi connectivity index (χ1n) is 6.60. The van der Waals surface area contributed by atoms with Gasteiger partial charge in [0.25, 0.3) is 0 Å². The summed E-state index contributed by atoms with van der Waals surface area (Å²) in [4.78, 5) is 4.76. The van der Waals surface area contributed by atoms with Crippen LogP contribution in [0.15, 0.2) is 36.5 Å². The van der Waals surface area contributed by atoms with Gasteiger partial charge < -0.3 is 9.14 Å². The van der Waals surface area contributed by atoms with Crippen molar-refractivity contribution < 1.29 is 4.74 Å². The number of ether oxygens (including phenoxy) is 1. The van der Waals surface area contributed by atoms with Crippen LogP contribution in [0, 0.1) is 0 Å². The summed E-state index contributed by atoms with van der Waals surface area (Å²) >= 11 is 6.10. The van der Waals surface area contributed by atoms with Crippen molar-refractivity contribution in [3.8, 4) is 17.0 Å². The van der Waals surface area contributed by atoms with Crippen LogP contribution in [-0.2, 0) is 12.8 Å². The average molecular weight is 285 g/mol. The lowest BCUT2D eigenvalue weighted by Crippen LogP contribution is -2.05. The minimum atomic E-state index is 0.731. The highest BCUT2D eigenvalue weighted by atomic mass is 35.5. The van der Waals surface area contributed by atoms with E-state index in [2.05, 4.69) is 16.5 Å². The first-order valence-corrected chi connectivity index (χ1v) is 6.98. The maximum atomic E-state index is 6.10. The third kappa shape index (κ3) is 1.63. The van der Waals surface area contributed by atoms with E-state index in [-0.39, 0.29) is 0 Å². The molecule has 4 rings (SSSR count). The van der Waals surface area contributed by atoms with E-state index in [0.717, 1.165) is 35.0 Å². The molecule has 0 saturated carbocycles. The molecule has 1 aromatic carbocycles. The molecule has 2 heterocycles. The van der Waals surface area contributed by atoms with Crippen molar-refractivity contribution in [2.75, 3.05) is 7.11 Å². The normalized spacial score (nSPS) is 13.1. The number of fused-ring (bicyclic) bond motifs is 5. The Kier molecular flexibility index (Phi) is 2.51. The van der Waals surface area contributed by atoms with Gasteiger partial charge in [-0.05, 0) is 42.7 Å². The molecule has 3 aromatic rings. The maximum Gasteiger partial charge on any atom is 0.137 e. The Morgan fingerprint density at radius 1 is 1.20 bits per heavy atom. The van der Waals surface area contributed by atoms with Crippen LogP contribution in [0.25, 0.3) is 16.9 Å². The molecule has 0 atom stereocenters. The number of hydrogen-bond donors (Lipinski definition) is 0. The van der Waals surface area contributed by atoms with Crippen LogP contribution in [-0.4, -0.2) is 16.5 Å². The second-order valence-electron chi connectivity index (χ2n) is 5.01. The monoisotopic (exact) mass is 284 g/mol. The van der Waals surface area contributed by atoms with Crippen molar-refractivity contribution >= 4 is 17.2 Å². The van der Waals surface area contributed by atoms with Gasteiger partial charge in [0.15, 0.2) is 0 Å². The largest absolute Gasteiger partial charge is 0.497 e. The number of imidazole rings is 1. The first-order chi connectivity index (χ1) is 9.76. The smallest absolute Gasteiger partial charge is 0.137 e. The fraction of sp³-hybridized carbons (Fsp3) is 0.188. The van der Waals surface area contributed by atoms with Crippen molar-refractivity contribution in [1.82, 2.24) is 9.38 Å². The molecule has 0 aliphatic heterocycles. The van der Waals surface area contributed by atoms with Crippen LogP contribution < -0.4 is 4.74 Å². The Morgan fingerprint density at radius 2 is 2.10 bits per heavy atom. The van der Waals surface area contributed by atoms with Gasteiger partial charge in [-0.15, -0.1) is 0 Å². The molecular formula is C16H13ClN2O. The molecule has 0 unspecified atom stereocenters. The summed E-state index contributed by atoms with van der Waals surface area (Å²) in [6.07, 6.45) is 3.94. The Morgan fingerprint density at radius 3 is 2.95 bits per heavy atom. The topological polar surface area (TPSA) is 26.5 Å². The highest BCUT2D eigenvalue weighted by molar-refractivity contribution is 6.30. The van der Waals surface area contributed by atoms with Gasteiger partial charge in [-0.1, -0.05) is 17.7 Å². The minimum absolute atomic E-state index is 0.731. The molecule has 0 fully saturated rings. The van der Waals surface area contributed by atoms with E-state index < -0.39 is 0 Å². The van der Waals surface area contributed by atoms with Crippen molar-refractivity contribution in [3.63, 3.8) is 0 Å². The number of hydrogen-bond acceptors (Lipinski definition) is 2. The fourth-order valence-electron chi connectivity index (χ4n) is 2.90. The Balaban J connectivity index is 2.01. The molecule has 100 valence electrons. The zero-order chi connectivity index (χ0) is 13.7. The molecular weight excluding hydrogens is 272 g/mol. The molecule has 0 spiro atoms. The van der Waals surface area contributed by atoms with Crippen molar-refractivity contribution in [2.45, 2.75) is 12.8 Å². The summed E-state index contributed by atoms with van der Waals surface area (Å²) in [6, 6.07) is 10.0. The fourth-order valence-corrected chi connectivity index (χ4v) is 3.06. The van der Waals surface area contributed by atoms with Gasteiger partial charge in [-0.2, -0.15) is 0 Å². The van der Waals surface area contributed by atoms with Gasteiger partial charge in [-0.25, -0.2) is 4.98 Å². The molecule has 0 radical (unpaired) electrons. The van der Waals surface area contributed by atoms with Crippen LogP contribution >= 0.6 is 11.6 Å². The van der Waals surface area contributed by atoms with Crippen molar-refractivity contribution in [3.05, 3.63) is 52.8 Å².